The number of phenols is 1. The largest absolute Gasteiger partial charge is 1.00 e. The molecule has 25 nitrogen and oxygen atoms in total. The van der Waals surface area contributed by atoms with Crippen molar-refractivity contribution in [2.75, 3.05) is 26.2 Å². The summed E-state index contributed by atoms with van der Waals surface area (Å²) in [7, 11) is 0. The molecule has 6 amide bonds. The summed E-state index contributed by atoms with van der Waals surface area (Å²) in [6, 6.07) is -7.21. The topological polar surface area (TPSA) is 380 Å². The maximum atomic E-state index is 14.3. The van der Waals surface area contributed by atoms with E-state index in [-0.39, 0.29) is 59.7 Å². The van der Waals surface area contributed by atoms with Crippen molar-refractivity contribution in [2.24, 2.45) is 11.7 Å². The molecule has 1 aromatic rings. The van der Waals surface area contributed by atoms with E-state index >= 15 is 0 Å². The van der Waals surface area contributed by atoms with Gasteiger partial charge in [0.05, 0.1) is 36.6 Å². The maximum Gasteiger partial charge on any atom is 1.00 e. The number of fused-ring (bicyclic) bond motifs is 2. The third-order valence-electron chi connectivity index (χ3n) is 10.4. The first-order valence-electron chi connectivity index (χ1n) is 18.9. The second kappa shape index (κ2) is 23.7. The molecule has 338 valence electrons. The van der Waals surface area contributed by atoms with Gasteiger partial charge in [0.15, 0.2) is 17.6 Å². The van der Waals surface area contributed by atoms with Gasteiger partial charge >= 0.3 is 29.6 Å². The van der Waals surface area contributed by atoms with Crippen molar-refractivity contribution in [1.82, 2.24) is 31.1 Å². The second-order valence-electron chi connectivity index (χ2n) is 15.0. The minimum Gasteiger partial charge on any atom is -0.691 e. The van der Waals surface area contributed by atoms with Crippen LogP contribution in [0.2, 0.25) is 0 Å². The summed E-state index contributed by atoms with van der Waals surface area (Å²) in [5, 5.41) is 98.3. The van der Waals surface area contributed by atoms with Crippen LogP contribution in [-0.2, 0) is 44.6 Å². The number of hydrogen-bond donors (Lipinski definition) is 12. The number of phenolic OH excluding ortho intramolecular Hbond substituents is 1. The predicted octanol–water partition coefficient (Wildman–Crippen LogP) is -10.0. The van der Waals surface area contributed by atoms with Crippen molar-refractivity contribution in [3.05, 3.63) is 35.2 Å². The molecular weight excluding hydrogens is 859 g/mol. The summed E-state index contributed by atoms with van der Waals surface area (Å²) in [5.74, 6) is -8.33. The third-order valence-corrected chi connectivity index (χ3v) is 10.8. The summed E-state index contributed by atoms with van der Waals surface area (Å²) >= 11 is 0.0184. The van der Waals surface area contributed by atoms with Crippen molar-refractivity contribution in [2.45, 2.75) is 106 Å². The Morgan fingerprint density at radius 2 is 1.55 bits per heavy atom. The number of amides is 6. The van der Waals surface area contributed by atoms with Crippen LogP contribution < -0.4 is 66.0 Å². The Balaban J connectivity index is 0.0000102. The number of nitrogens with one attached hydrogen (secondary N) is 4. The normalized spacial score (nSPS) is 30.8. The van der Waals surface area contributed by atoms with E-state index in [0.717, 1.165) is 28.9 Å². The van der Waals surface area contributed by atoms with Crippen molar-refractivity contribution in [1.29, 1.82) is 0 Å². The molecule has 3 aliphatic heterocycles. The molecule has 3 fully saturated rings. The fourth-order valence-corrected chi connectivity index (χ4v) is 7.45. The molecule has 13 atom stereocenters. The summed E-state index contributed by atoms with van der Waals surface area (Å²) in [6.45, 7) is 7.80. The number of aliphatic hydroxyl groups is 6. The molecule has 3 saturated heterocycles. The molecule has 0 spiro atoms. The first kappa shape index (κ1) is 52.4. The number of carbonyl (C=O) groups excluding carboxylic acids is 6. The van der Waals surface area contributed by atoms with Crippen molar-refractivity contribution < 1.29 is 113 Å². The van der Waals surface area contributed by atoms with Gasteiger partial charge in [0.1, 0.15) is 30.2 Å². The average Bonchev–Trinajstić information content (AvgIpc) is 3.75. The SMILES string of the molecule is [C-]#[N+]C[C@@H](O)[C@@H]1NC(=O)C([C@H](O)Cc2ccc(O)c(OSOO[O-])c2)NC(=O)C2CC(O)CN2C(=O)C(C(C)O)NC(=O)[C@@H](N)C[C@H](O)CNC(=O)C2[C@@H](O)C(C)CN2C1=O.[Na+]. The Hall–Kier alpha value is -3.92. The van der Waals surface area contributed by atoms with E-state index in [9.17, 15) is 69.8 Å². The quantitative estimate of drug-likeness (QED) is 0.0259. The maximum absolute atomic E-state index is 14.3. The van der Waals surface area contributed by atoms with E-state index in [1.165, 1.54) is 13.0 Å². The van der Waals surface area contributed by atoms with Crippen LogP contribution >= 0.6 is 12.3 Å². The average molecular weight is 909 g/mol. The monoisotopic (exact) mass is 908 g/mol. The molecule has 4 rings (SSSR count). The number of nitrogens with two attached hydrogens (primary N) is 1. The van der Waals surface area contributed by atoms with Crippen molar-refractivity contribution in [3.8, 4) is 11.5 Å². The van der Waals surface area contributed by atoms with Gasteiger partial charge in [0, 0.05) is 38.4 Å². The minimum absolute atomic E-state index is 0. The summed E-state index contributed by atoms with van der Waals surface area (Å²) in [5.41, 5.74) is 6.12. The number of carbonyl (C=O) groups is 6. The molecule has 62 heavy (non-hydrogen) atoms. The molecule has 0 bridgehead atoms. The van der Waals surface area contributed by atoms with Crippen molar-refractivity contribution >= 4 is 47.8 Å². The molecule has 1 aromatic carbocycles. The number of hydrogen-bond acceptors (Lipinski definition) is 19. The smallest absolute Gasteiger partial charge is 0.691 e. The molecule has 3 heterocycles. The van der Waals surface area contributed by atoms with Crippen LogP contribution in [0.15, 0.2) is 18.2 Å². The van der Waals surface area contributed by atoms with Gasteiger partial charge in [-0.25, -0.2) is 6.57 Å². The molecule has 0 saturated carbocycles. The van der Waals surface area contributed by atoms with Crippen molar-refractivity contribution in [3.63, 3.8) is 0 Å². The fourth-order valence-electron chi connectivity index (χ4n) is 7.19. The molecule has 13 N–H and O–H groups in total. The van der Waals surface area contributed by atoms with Crippen LogP contribution in [0.25, 0.3) is 4.85 Å². The van der Waals surface area contributed by atoms with Crippen LogP contribution in [0, 0.1) is 12.5 Å². The number of β-amino-alcohol motifs (C(OH)–C–C–N with tert-alkyl or cyclic N) is 1. The van der Waals surface area contributed by atoms with Gasteiger partial charge in [-0.15, -0.1) is 4.33 Å². The molecule has 0 aliphatic carbocycles. The van der Waals surface area contributed by atoms with Gasteiger partial charge in [-0.2, -0.15) is 0 Å². The third kappa shape index (κ3) is 13.1. The van der Waals surface area contributed by atoms with Gasteiger partial charge in [-0.3, -0.25) is 33.8 Å². The fraction of sp³-hybridized carbons (Fsp3) is 0.629. The molecule has 7 unspecified atom stereocenters. The second-order valence-corrected chi connectivity index (χ2v) is 15.4. The Morgan fingerprint density at radius 1 is 0.903 bits per heavy atom. The van der Waals surface area contributed by atoms with Gasteiger partial charge in [0.2, 0.25) is 42.0 Å². The first-order valence-corrected chi connectivity index (χ1v) is 19.5. The summed E-state index contributed by atoms with van der Waals surface area (Å²) in [6.07, 6.45) is -11.4. The predicted molar refractivity (Wildman–Crippen MR) is 202 cm³/mol. The Kier molecular flexibility index (Phi) is 20.0. The van der Waals surface area contributed by atoms with Gasteiger partial charge < -0.3 is 86.8 Å². The van der Waals surface area contributed by atoms with E-state index in [4.69, 9.17) is 16.5 Å². The van der Waals surface area contributed by atoms with Crippen LogP contribution in [0.5, 0.6) is 11.5 Å². The molecule has 27 heteroatoms. The van der Waals surface area contributed by atoms with E-state index in [2.05, 4.69) is 35.5 Å². The zero-order valence-electron chi connectivity index (χ0n) is 33.7. The van der Waals surface area contributed by atoms with Crippen LogP contribution in [0.4, 0.5) is 0 Å². The van der Waals surface area contributed by atoms with E-state index in [1.54, 1.807) is 0 Å². The standard InChI is InChI=1S/C35H50N8O17S.Na/c1-14-12-43-28(29(14)50)33(54)38-10-17(45)8-19(36)30(51)39-25(15(2)44)34(55)42-13-18(46)9-20(42)31(52)40-26(32(53)41-27(35(43)56)23(49)11-37-3)22(48)6-16-4-5-21(47)24(7-16)58-61-60-59-57;/h4-5,7,14-15,17-20,22-23,25-29,44-50,57H,6,8-13,36H2,1-2H3,(H,38,54)(H,39,51)(H,40,52)(H,41,53);/q;+1/p-1/t14?,15?,17-,18?,19-,20?,22+,23+,25?,26?,27-,28?,29-;/m0./s1. The number of aromatic hydroxyl groups is 1. The summed E-state index contributed by atoms with van der Waals surface area (Å²) < 4.78 is 9.04. The summed E-state index contributed by atoms with van der Waals surface area (Å²) in [4.78, 5) is 87.9. The molecule has 0 aromatic heterocycles. The Labute approximate surface area is 380 Å². The Morgan fingerprint density at radius 3 is 2.19 bits per heavy atom. The number of benzene rings is 1. The first-order chi connectivity index (χ1) is 28.8. The van der Waals surface area contributed by atoms with E-state index in [0.29, 0.717) is 0 Å². The molecule has 3 aliphatic rings. The number of nitrogens with zero attached hydrogens (tertiary/aromatic N) is 3. The zero-order valence-corrected chi connectivity index (χ0v) is 36.5. The van der Waals surface area contributed by atoms with Crippen LogP contribution in [0.1, 0.15) is 32.3 Å². The molecule has 0 radical (unpaired) electrons. The van der Waals surface area contributed by atoms with Crippen LogP contribution in [-0.4, -0.2) is 180 Å². The zero-order chi connectivity index (χ0) is 45.3. The van der Waals surface area contributed by atoms with E-state index < -0.39 is 159 Å². The number of rotatable bonds is 10. The van der Waals surface area contributed by atoms with Gasteiger partial charge in [-0.1, -0.05) is 13.0 Å². The van der Waals surface area contributed by atoms with Gasteiger partial charge in [0.25, 0.3) is 12.3 Å². The molecular formula is C35H49N8NaO17S. The van der Waals surface area contributed by atoms with Crippen LogP contribution in [0.3, 0.4) is 0 Å². The van der Waals surface area contributed by atoms with E-state index in [1.807, 2.05) is 0 Å². The Bertz CT molecular complexity index is 1810. The number of aliphatic hydroxyl groups excluding tert-OH is 6. The van der Waals surface area contributed by atoms with Gasteiger partial charge in [-0.05, 0) is 31.0 Å². The minimum atomic E-state index is -2.09.